The monoisotopic (exact) mass is 214 g/mol. The minimum Gasteiger partial charge on any atom is -0.483 e. The van der Waals surface area contributed by atoms with Gasteiger partial charge in [0, 0.05) is 0 Å². The van der Waals surface area contributed by atoms with Crippen molar-refractivity contribution in [2.24, 2.45) is 0 Å². The lowest BCUT2D eigenvalue weighted by Crippen LogP contribution is -2.46. The first kappa shape index (κ1) is 9.15. The van der Waals surface area contributed by atoms with E-state index in [0.29, 0.717) is 11.5 Å². The van der Waals surface area contributed by atoms with Crippen LogP contribution in [0.15, 0.2) is 24.3 Å². The van der Waals surface area contributed by atoms with Crippen LogP contribution >= 0.6 is 11.6 Å². The van der Waals surface area contributed by atoms with Gasteiger partial charge in [0.2, 0.25) is 0 Å². The maximum Gasteiger partial charge on any atom is 0.368 e. The molecule has 0 fully saturated rings. The Morgan fingerprint density at radius 1 is 1.43 bits per heavy atom. The maximum atomic E-state index is 10.7. The minimum absolute atomic E-state index is 0.207. The second kappa shape index (κ2) is 3.06. The molecule has 1 heterocycles. The number of benzene rings is 1. The quantitative estimate of drug-likeness (QED) is 0.720. The summed E-state index contributed by atoms with van der Waals surface area (Å²) in [6.45, 7) is -0.207. The molecule has 1 atom stereocenters. The lowest BCUT2D eigenvalue weighted by molar-refractivity contribution is -0.151. The van der Waals surface area contributed by atoms with Crippen molar-refractivity contribution >= 4 is 17.6 Å². The number of hydrogen-bond donors (Lipinski definition) is 1. The Morgan fingerprint density at radius 3 is 2.71 bits per heavy atom. The van der Waals surface area contributed by atoms with Crippen molar-refractivity contribution in [2.45, 2.75) is 5.06 Å². The molecule has 0 saturated carbocycles. The van der Waals surface area contributed by atoms with Gasteiger partial charge in [0.25, 0.3) is 0 Å². The standard InChI is InChI=1S/C9H7ClO4/c10-9(8(11)12)5-13-6-3-1-2-4-7(6)14-9/h1-4H,5H2,(H,11,12). The van der Waals surface area contributed by atoms with Gasteiger partial charge in [-0.15, -0.1) is 0 Å². The summed E-state index contributed by atoms with van der Waals surface area (Å²) >= 11 is 5.69. The van der Waals surface area contributed by atoms with Crippen LogP contribution in [0.5, 0.6) is 11.5 Å². The van der Waals surface area contributed by atoms with Gasteiger partial charge in [-0.25, -0.2) is 4.79 Å². The first-order chi connectivity index (χ1) is 6.62. The molecule has 0 spiro atoms. The summed E-state index contributed by atoms with van der Waals surface area (Å²) in [7, 11) is 0. The number of carboxylic acids is 1. The first-order valence-electron chi connectivity index (χ1n) is 3.95. The molecule has 0 amide bonds. The van der Waals surface area contributed by atoms with Crippen molar-refractivity contribution in [3.63, 3.8) is 0 Å². The Balaban J connectivity index is 2.34. The third kappa shape index (κ3) is 1.37. The predicted octanol–water partition coefficient (Wildman–Crippen LogP) is 1.48. The van der Waals surface area contributed by atoms with Gasteiger partial charge in [0.15, 0.2) is 18.1 Å². The average Bonchev–Trinajstić information content (AvgIpc) is 2.17. The van der Waals surface area contributed by atoms with E-state index in [4.69, 9.17) is 26.2 Å². The van der Waals surface area contributed by atoms with Crippen molar-refractivity contribution in [3.8, 4) is 11.5 Å². The second-order valence-corrected chi connectivity index (χ2v) is 3.48. The zero-order valence-corrected chi connectivity index (χ0v) is 7.82. The molecule has 1 aromatic rings. The number of halogens is 1. The van der Waals surface area contributed by atoms with Gasteiger partial charge in [0.1, 0.15) is 0 Å². The Bertz CT molecular complexity index is 379. The highest BCUT2D eigenvalue weighted by atomic mass is 35.5. The maximum absolute atomic E-state index is 10.7. The fourth-order valence-electron chi connectivity index (χ4n) is 1.13. The van der Waals surface area contributed by atoms with E-state index in [9.17, 15) is 4.79 Å². The van der Waals surface area contributed by atoms with Gasteiger partial charge < -0.3 is 14.6 Å². The summed E-state index contributed by atoms with van der Waals surface area (Å²) in [5.74, 6) is -0.408. The van der Waals surface area contributed by atoms with E-state index in [1.165, 1.54) is 0 Å². The molecule has 0 aliphatic carbocycles. The molecule has 0 bridgehead atoms. The van der Waals surface area contributed by atoms with Crippen LogP contribution < -0.4 is 9.47 Å². The van der Waals surface area contributed by atoms with Crippen LogP contribution in [0.2, 0.25) is 0 Å². The highest BCUT2D eigenvalue weighted by Crippen LogP contribution is 2.36. The SMILES string of the molecule is O=C(O)C1(Cl)COc2ccccc2O1. The van der Waals surface area contributed by atoms with Crippen molar-refractivity contribution in [3.05, 3.63) is 24.3 Å². The zero-order chi connectivity index (χ0) is 10.2. The van der Waals surface area contributed by atoms with Crippen molar-refractivity contribution in [1.29, 1.82) is 0 Å². The van der Waals surface area contributed by atoms with E-state index >= 15 is 0 Å². The number of ether oxygens (including phenoxy) is 2. The van der Waals surface area contributed by atoms with Gasteiger partial charge >= 0.3 is 11.0 Å². The normalized spacial score (nSPS) is 24.4. The van der Waals surface area contributed by atoms with Crippen molar-refractivity contribution in [1.82, 2.24) is 0 Å². The summed E-state index contributed by atoms with van der Waals surface area (Å²) in [5.41, 5.74) is 0. The Morgan fingerprint density at radius 2 is 2.07 bits per heavy atom. The van der Waals surface area contributed by atoms with E-state index in [1.807, 2.05) is 0 Å². The third-order valence-electron chi connectivity index (χ3n) is 1.85. The molecule has 1 aliphatic rings. The van der Waals surface area contributed by atoms with Gasteiger partial charge in [-0.3, -0.25) is 0 Å². The highest BCUT2D eigenvalue weighted by molar-refractivity contribution is 6.33. The molecule has 1 aliphatic heterocycles. The van der Waals surface area contributed by atoms with E-state index in [2.05, 4.69) is 0 Å². The number of carboxylic acid groups (broad SMARTS) is 1. The lowest BCUT2D eigenvalue weighted by atomic mass is 10.2. The summed E-state index contributed by atoms with van der Waals surface area (Å²) in [6.07, 6.45) is 0. The molecule has 2 rings (SSSR count). The third-order valence-corrected chi connectivity index (χ3v) is 2.20. The van der Waals surface area contributed by atoms with Crippen LogP contribution in [0.1, 0.15) is 0 Å². The molecule has 74 valence electrons. The van der Waals surface area contributed by atoms with E-state index in [0.717, 1.165) is 0 Å². The molecule has 5 heteroatoms. The molecule has 1 N–H and O–H groups in total. The van der Waals surface area contributed by atoms with Crippen LogP contribution in [-0.2, 0) is 4.79 Å². The Kier molecular flexibility index (Phi) is 2.00. The summed E-state index contributed by atoms with van der Waals surface area (Å²) in [5, 5.41) is 6.97. The van der Waals surface area contributed by atoms with Crippen LogP contribution in [0.3, 0.4) is 0 Å². The first-order valence-corrected chi connectivity index (χ1v) is 4.33. The Hall–Kier alpha value is -1.42. The molecular weight excluding hydrogens is 208 g/mol. The summed E-state index contributed by atoms with van der Waals surface area (Å²) in [4.78, 5) is 10.7. The number of alkyl halides is 1. The van der Waals surface area contributed by atoms with Crippen LogP contribution in [0.4, 0.5) is 0 Å². The number of hydrogen-bond acceptors (Lipinski definition) is 3. The molecule has 0 saturated heterocycles. The molecule has 0 radical (unpaired) electrons. The van der Waals surface area contributed by atoms with Gasteiger partial charge in [-0.1, -0.05) is 23.7 Å². The largest absolute Gasteiger partial charge is 0.483 e. The molecule has 4 nitrogen and oxygen atoms in total. The van der Waals surface area contributed by atoms with Crippen molar-refractivity contribution in [2.75, 3.05) is 6.61 Å². The summed E-state index contributed by atoms with van der Waals surface area (Å²) in [6, 6.07) is 6.78. The predicted molar refractivity (Wildman–Crippen MR) is 48.8 cm³/mol. The molecule has 0 aromatic heterocycles. The number of aliphatic carboxylic acids is 1. The second-order valence-electron chi connectivity index (χ2n) is 2.87. The number of para-hydroxylation sites is 2. The van der Waals surface area contributed by atoms with Gasteiger partial charge in [0.05, 0.1) is 0 Å². The molecule has 14 heavy (non-hydrogen) atoms. The van der Waals surface area contributed by atoms with E-state index < -0.39 is 11.0 Å². The van der Waals surface area contributed by atoms with Gasteiger partial charge in [-0.2, -0.15) is 0 Å². The minimum atomic E-state index is -1.81. The van der Waals surface area contributed by atoms with Crippen LogP contribution in [0, 0.1) is 0 Å². The highest BCUT2D eigenvalue weighted by Gasteiger charge is 2.43. The van der Waals surface area contributed by atoms with E-state index in [-0.39, 0.29) is 6.61 Å². The Labute approximate surface area is 85.0 Å². The average molecular weight is 215 g/mol. The number of rotatable bonds is 1. The lowest BCUT2D eigenvalue weighted by Gasteiger charge is -2.29. The fourth-order valence-corrected chi connectivity index (χ4v) is 1.27. The van der Waals surface area contributed by atoms with Crippen LogP contribution in [0.25, 0.3) is 0 Å². The van der Waals surface area contributed by atoms with Crippen LogP contribution in [-0.4, -0.2) is 22.7 Å². The molecule has 1 aromatic carbocycles. The zero-order valence-electron chi connectivity index (χ0n) is 7.07. The fraction of sp³-hybridized carbons (Fsp3) is 0.222. The molecule has 1 unspecified atom stereocenters. The number of fused-ring (bicyclic) bond motifs is 1. The van der Waals surface area contributed by atoms with Gasteiger partial charge in [-0.05, 0) is 12.1 Å². The summed E-state index contributed by atoms with van der Waals surface area (Å²) < 4.78 is 10.3. The van der Waals surface area contributed by atoms with Crippen molar-refractivity contribution < 1.29 is 19.4 Å². The molecular formula is C9H7ClO4. The number of carbonyl (C=O) groups is 1. The topological polar surface area (TPSA) is 55.8 Å². The van der Waals surface area contributed by atoms with E-state index in [1.54, 1.807) is 24.3 Å². The smallest absolute Gasteiger partial charge is 0.368 e.